The molecule has 6 heteroatoms. The summed E-state index contributed by atoms with van der Waals surface area (Å²) in [5.74, 6) is -0.385. The molecule has 1 unspecified atom stereocenters. The molecule has 2 amide bonds. The number of rotatable bonds is 4. The number of carbonyl (C=O) groups excluding carboxylic acids is 2. The minimum atomic E-state index is -0.268. The molecule has 2 aromatic carbocycles. The van der Waals surface area contributed by atoms with E-state index in [0.717, 1.165) is 5.56 Å². The van der Waals surface area contributed by atoms with Crippen LogP contribution >= 0.6 is 11.6 Å². The molecule has 1 aliphatic heterocycles. The van der Waals surface area contributed by atoms with Crippen LogP contribution in [0.5, 0.6) is 0 Å². The maximum absolute atomic E-state index is 12.5. The summed E-state index contributed by atoms with van der Waals surface area (Å²) in [4.78, 5) is 24.6. The van der Waals surface area contributed by atoms with Crippen molar-refractivity contribution in [3.8, 4) is 0 Å². The van der Waals surface area contributed by atoms with E-state index >= 15 is 0 Å². The number of halogens is 1. The number of amides is 2. The normalized spacial score (nSPS) is 15.5. The van der Waals surface area contributed by atoms with Gasteiger partial charge in [-0.1, -0.05) is 41.9 Å². The van der Waals surface area contributed by atoms with Crippen molar-refractivity contribution in [2.24, 2.45) is 5.10 Å². The standard InChI is InChI=1S/C19H18ClN3O2/c1-13(14-7-9-15(20)10-8-14)21-19(25)17-11-12-18(24)23(22-17)16-5-3-2-4-6-16/h2-10,13H,11-12H2,1H3,(H,21,25). The molecule has 1 atom stereocenters. The third kappa shape index (κ3) is 4.06. The van der Waals surface area contributed by atoms with Crippen LogP contribution in [0, 0.1) is 0 Å². The maximum Gasteiger partial charge on any atom is 0.267 e. The molecule has 1 heterocycles. The Labute approximate surface area is 151 Å². The van der Waals surface area contributed by atoms with Gasteiger partial charge in [0.25, 0.3) is 5.91 Å². The lowest BCUT2D eigenvalue weighted by atomic mass is 10.1. The summed E-state index contributed by atoms with van der Waals surface area (Å²) >= 11 is 5.89. The molecule has 0 spiro atoms. The number of nitrogens with zero attached hydrogens (tertiary/aromatic N) is 2. The number of anilines is 1. The Balaban J connectivity index is 1.75. The van der Waals surface area contributed by atoms with Gasteiger partial charge in [-0.25, -0.2) is 5.01 Å². The quantitative estimate of drug-likeness (QED) is 0.908. The number of hydrazone groups is 1. The molecule has 0 aromatic heterocycles. The molecule has 0 saturated carbocycles. The molecule has 5 nitrogen and oxygen atoms in total. The van der Waals surface area contributed by atoms with E-state index in [1.807, 2.05) is 37.3 Å². The van der Waals surface area contributed by atoms with E-state index in [-0.39, 0.29) is 24.3 Å². The smallest absolute Gasteiger partial charge is 0.267 e. The molecule has 0 saturated heterocycles. The van der Waals surface area contributed by atoms with Crippen molar-refractivity contribution >= 4 is 34.8 Å². The maximum atomic E-state index is 12.5. The fourth-order valence-electron chi connectivity index (χ4n) is 2.60. The zero-order valence-corrected chi connectivity index (χ0v) is 14.5. The van der Waals surface area contributed by atoms with Crippen molar-refractivity contribution in [1.82, 2.24) is 5.32 Å². The number of hydrogen-bond acceptors (Lipinski definition) is 3. The first-order chi connectivity index (χ1) is 12.0. The second-order valence-electron chi connectivity index (χ2n) is 5.83. The van der Waals surface area contributed by atoms with Gasteiger partial charge in [-0.2, -0.15) is 5.10 Å². The van der Waals surface area contributed by atoms with Crippen molar-refractivity contribution in [2.45, 2.75) is 25.8 Å². The molecule has 1 aliphatic rings. The third-order valence-corrected chi connectivity index (χ3v) is 4.27. The van der Waals surface area contributed by atoms with Gasteiger partial charge in [-0.15, -0.1) is 0 Å². The average Bonchev–Trinajstić information content (AvgIpc) is 2.63. The van der Waals surface area contributed by atoms with Gasteiger partial charge < -0.3 is 5.32 Å². The molecule has 128 valence electrons. The van der Waals surface area contributed by atoms with Crippen LogP contribution in [-0.4, -0.2) is 17.5 Å². The minimum Gasteiger partial charge on any atom is -0.344 e. The van der Waals surface area contributed by atoms with Crippen LogP contribution in [0.4, 0.5) is 5.69 Å². The van der Waals surface area contributed by atoms with Crippen LogP contribution in [-0.2, 0) is 9.59 Å². The van der Waals surface area contributed by atoms with Gasteiger partial charge in [0.15, 0.2) is 0 Å². The second-order valence-corrected chi connectivity index (χ2v) is 6.27. The highest BCUT2D eigenvalue weighted by Gasteiger charge is 2.26. The first-order valence-electron chi connectivity index (χ1n) is 8.06. The molecular formula is C19H18ClN3O2. The third-order valence-electron chi connectivity index (χ3n) is 4.01. The summed E-state index contributed by atoms with van der Waals surface area (Å²) in [5.41, 5.74) is 1.96. The zero-order chi connectivity index (χ0) is 17.8. The van der Waals surface area contributed by atoms with Crippen molar-refractivity contribution in [3.63, 3.8) is 0 Å². The number of benzene rings is 2. The summed E-state index contributed by atoms with van der Waals surface area (Å²) in [7, 11) is 0. The molecule has 0 radical (unpaired) electrons. The fourth-order valence-corrected chi connectivity index (χ4v) is 2.73. The highest BCUT2D eigenvalue weighted by Crippen LogP contribution is 2.20. The molecule has 3 rings (SSSR count). The molecule has 25 heavy (non-hydrogen) atoms. The Hall–Kier alpha value is -2.66. The molecule has 2 aromatic rings. The van der Waals surface area contributed by atoms with Crippen LogP contribution in [0.3, 0.4) is 0 Å². The zero-order valence-electron chi connectivity index (χ0n) is 13.8. The van der Waals surface area contributed by atoms with E-state index in [9.17, 15) is 9.59 Å². The van der Waals surface area contributed by atoms with E-state index in [1.54, 1.807) is 24.3 Å². The summed E-state index contributed by atoms with van der Waals surface area (Å²) in [6, 6.07) is 16.2. The topological polar surface area (TPSA) is 61.8 Å². The lowest BCUT2D eigenvalue weighted by Gasteiger charge is -2.24. The summed E-state index contributed by atoms with van der Waals surface area (Å²) in [6.07, 6.45) is 0.595. The van der Waals surface area contributed by atoms with Gasteiger partial charge >= 0.3 is 0 Å². The van der Waals surface area contributed by atoms with E-state index in [2.05, 4.69) is 10.4 Å². The lowest BCUT2D eigenvalue weighted by molar-refractivity contribution is -0.119. The fraction of sp³-hybridized carbons (Fsp3) is 0.211. The number of hydrogen-bond donors (Lipinski definition) is 1. The van der Waals surface area contributed by atoms with Crippen LogP contribution in [0.25, 0.3) is 0 Å². The molecule has 0 fully saturated rings. The van der Waals surface area contributed by atoms with E-state index in [1.165, 1.54) is 5.01 Å². The van der Waals surface area contributed by atoms with Gasteiger partial charge in [0.2, 0.25) is 5.91 Å². The van der Waals surface area contributed by atoms with E-state index in [4.69, 9.17) is 11.6 Å². The Bertz CT molecular complexity index is 803. The molecular weight excluding hydrogens is 338 g/mol. The highest BCUT2D eigenvalue weighted by molar-refractivity contribution is 6.40. The lowest BCUT2D eigenvalue weighted by Crippen LogP contribution is -2.39. The van der Waals surface area contributed by atoms with Crippen molar-refractivity contribution in [1.29, 1.82) is 0 Å². The van der Waals surface area contributed by atoms with Gasteiger partial charge in [0.05, 0.1) is 11.7 Å². The van der Waals surface area contributed by atoms with Crippen molar-refractivity contribution in [2.75, 3.05) is 5.01 Å². The van der Waals surface area contributed by atoms with Crippen LogP contribution in [0.1, 0.15) is 31.4 Å². The first kappa shape index (κ1) is 17.2. The molecule has 0 bridgehead atoms. The van der Waals surface area contributed by atoms with Gasteiger partial charge in [0, 0.05) is 17.9 Å². The highest BCUT2D eigenvalue weighted by atomic mass is 35.5. The van der Waals surface area contributed by atoms with Crippen LogP contribution < -0.4 is 10.3 Å². The van der Waals surface area contributed by atoms with Gasteiger partial charge in [-0.3, -0.25) is 9.59 Å². The monoisotopic (exact) mass is 355 g/mol. The number of carbonyl (C=O) groups is 2. The van der Waals surface area contributed by atoms with Crippen LogP contribution in [0.15, 0.2) is 59.7 Å². The van der Waals surface area contributed by atoms with Gasteiger partial charge in [-0.05, 0) is 36.8 Å². The predicted octanol–water partition coefficient (Wildman–Crippen LogP) is 3.70. The van der Waals surface area contributed by atoms with E-state index in [0.29, 0.717) is 22.8 Å². The molecule has 1 N–H and O–H groups in total. The van der Waals surface area contributed by atoms with Crippen LogP contribution in [0.2, 0.25) is 5.02 Å². The van der Waals surface area contributed by atoms with Gasteiger partial charge in [0.1, 0.15) is 5.71 Å². The first-order valence-corrected chi connectivity index (χ1v) is 8.44. The van der Waals surface area contributed by atoms with Crippen molar-refractivity contribution < 1.29 is 9.59 Å². The van der Waals surface area contributed by atoms with E-state index < -0.39 is 0 Å². The Morgan fingerprint density at radius 2 is 1.80 bits per heavy atom. The summed E-state index contributed by atoms with van der Waals surface area (Å²) in [5, 5.41) is 9.13. The Morgan fingerprint density at radius 3 is 2.48 bits per heavy atom. The number of para-hydroxylation sites is 1. The summed E-state index contributed by atoms with van der Waals surface area (Å²) < 4.78 is 0. The minimum absolute atomic E-state index is 0.117. The predicted molar refractivity (Wildman–Crippen MR) is 98.6 cm³/mol. The largest absolute Gasteiger partial charge is 0.344 e. The average molecular weight is 356 g/mol. The molecule has 0 aliphatic carbocycles. The SMILES string of the molecule is CC(NC(=O)C1=NN(c2ccccc2)C(=O)CC1)c1ccc(Cl)cc1. The van der Waals surface area contributed by atoms with Crippen molar-refractivity contribution in [3.05, 3.63) is 65.2 Å². The Morgan fingerprint density at radius 1 is 1.12 bits per heavy atom. The second kappa shape index (κ2) is 7.49. The Kier molecular flexibility index (Phi) is 5.14. The number of nitrogens with one attached hydrogen (secondary N) is 1. The summed E-state index contributed by atoms with van der Waals surface area (Å²) in [6.45, 7) is 1.89.